The summed E-state index contributed by atoms with van der Waals surface area (Å²) in [5.74, 6) is -1.18. The van der Waals surface area contributed by atoms with Crippen molar-refractivity contribution < 1.29 is 27.5 Å². The fraction of sp³-hybridized carbons (Fsp3) is 0.286. The molecule has 7 nitrogen and oxygen atoms in total. The van der Waals surface area contributed by atoms with Gasteiger partial charge in [0.1, 0.15) is 0 Å². The quantitative estimate of drug-likeness (QED) is 0.470. The van der Waals surface area contributed by atoms with Gasteiger partial charge in [0.05, 0.1) is 11.3 Å². The zero-order valence-corrected chi connectivity index (χ0v) is 17.1. The second-order valence-corrected chi connectivity index (χ2v) is 8.13. The molecule has 2 aromatic rings. The molecule has 8 heteroatoms. The maximum Gasteiger partial charge on any atom is 0.307 e. The molecule has 0 aliphatic carbocycles. The summed E-state index contributed by atoms with van der Waals surface area (Å²) in [5, 5.41) is 0. The minimum atomic E-state index is -3.82. The van der Waals surface area contributed by atoms with Gasteiger partial charge in [-0.3, -0.25) is 14.4 Å². The van der Waals surface area contributed by atoms with Gasteiger partial charge in [-0.25, -0.2) is 13.1 Å². The maximum absolute atomic E-state index is 12.2. The van der Waals surface area contributed by atoms with E-state index in [0.717, 1.165) is 12.0 Å². The minimum Gasteiger partial charge on any atom is -0.457 e. The molecule has 0 heterocycles. The molecule has 0 saturated carbocycles. The van der Waals surface area contributed by atoms with Gasteiger partial charge in [0.25, 0.3) is 0 Å². The van der Waals surface area contributed by atoms with E-state index >= 15 is 0 Å². The zero-order chi connectivity index (χ0) is 21.4. The molecule has 29 heavy (non-hydrogen) atoms. The second-order valence-electron chi connectivity index (χ2n) is 6.36. The first-order valence-corrected chi connectivity index (χ1v) is 10.6. The highest BCUT2D eigenvalue weighted by atomic mass is 32.2. The Kier molecular flexibility index (Phi) is 7.81. The van der Waals surface area contributed by atoms with Gasteiger partial charge in [-0.1, -0.05) is 43.3 Å². The normalized spacial score (nSPS) is 11.1. The molecule has 0 radical (unpaired) electrons. The van der Waals surface area contributed by atoms with Gasteiger partial charge < -0.3 is 4.74 Å². The van der Waals surface area contributed by atoms with Crippen LogP contribution in [0, 0.1) is 0 Å². The van der Waals surface area contributed by atoms with E-state index in [2.05, 4.69) is 4.72 Å². The van der Waals surface area contributed by atoms with Gasteiger partial charge in [0.15, 0.2) is 18.2 Å². The topological polar surface area (TPSA) is 107 Å². The highest BCUT2D eigenvalue weighted by molar-refractivity contribution is 7.89. The first kappa shape index (κ1) is 22.4. The predicted molar refractivity (Wildman–Crippen MR) is 107 cm³/mol. The Balaban J connectivity index is 1.79. The third kappa shape index (κ3) is 6.62. The van der Waals surface area contributed by atoms with Crippen molar-refractivity contribution >= 4 is 27.6 Å². The van der Waals surface area contributed by atoms with Crippen LogP contribution in [-0.2, 0) is 26.0 Å². The molecule has 0 aliphatic heterocycles. The molecule has 154 valence electrons. The van der Waals surface area contributed by atoms with Crippen LogP contribution >= 0.6 is 0 Å². The smallest absolute Gasteiger partial charge is 0.307 e. The summed E-state index contributed by atoms with van der Waals surface area (Å²) >= 11 is 0. The van der Waals surface area contributed by atoms with Crippen LogP contribution in [0.15, 0.2) is 53.4 Å². The van der Waals surface area contributed by atoms with Crippen LogP contribution in [0.1, 0.15) is 46.5 Å². The van der Waals surface area contributed by atoms with Crippen molar-refractivity contribution in [2.24, 2.45) is 0 Å². The lowest BCUT2D eigenvalue weighted by Crippen LogP contribution is -2.27. The first-order valence-electron chi connectivity index (χ1n) is 9.11. The monoisotopic (exact) mass is 417 g/mol. The van der Waals surface area contributed by atoms with Gasteiger partial charge in [0.2, 0.25) is 10.0 Å². The van der Waals surface area contributed by atoms with E-state index in [1.807, 2.05) is 19.1 Å². The number of esters is 1. The lowest BCUT2D eigenvalue weighted by Gasteiger charge is -2.08. The van der Waals surface area contributed by atoms with E-state index in [9.17, 15) is 22.8 Å². The molecule has 1 N–H and O–H groups in total. The molecule has 0 unspecified atom stereocenters. The van der Waals surface area contributed by atoms with E-state index in [1.165, 1.54) is 31.2 Å². The zero-order valence-electron chi connectivity index (χ0n) is 16.3. The summed E-state index contributed by atoms with van der Waals surface area (Å²) in [4.78, 5) is 35.0. The van der Waals surface area contributed by atoms with Gasteiger partial charge in [0, 0.05) is 17.7 Å². The standard InChI is InChI=1S/C21H23NO6S/c1-3-16-4-6-18(7-5-16)20(24)14-28-21(25)12-13-22-29(26,27)19-10-8-17(9-11-19)15(2)23/h4-11,22H,3,12-14H2,1-2H3. The van der Waals surface area contributed by atoms with Gasteiger partial charge in [-0.2, -0.15) is 0 Å². The fourth-order valence-electron chi connectivity index (χ4n) is 2.47. The molecule has 0 saturated heterocycles. The van der Waals surface area contributed by atoms with Crippen molar-refractivity contribution in [1.82, 2.24) is 4.72 Å². The van der Waals surface area contributed by atoms with E-state index in [4.69, 9.17) is 4.74 Å². The predicted octanol–water partition coefficient (Wildman–Crippen LogP) is 2.55. The SMILES string of the molecule is CCc1ccc(C(=O)COC(=O)CCNS(=O)(=O)c2ccc(C(C)=O)cc2)cc1. The van der Waals surface area contributed by atoms with E-state index in [-0.39, 0.29) is 29.4 Å². The summed E-state index contributed by atoms with van der Waals surface area (Å²) in [6.45, 7) is 2.82. The Bertz CT molecular complexity index is 979. The van der Waals surface area contributed by atoms with Crippen molar-refractivity contribution in [3.63, 3.8) is 0 Å². The third-order valence-corrected chi connectivity index (χ3v) is 5.72. The van der Waals surface area contributed by atoms with Crippen molar-refractivity contribution in [1.29, 1.82) is 0 Å². The van der Waals surface area contributed by atoms with Crippen LogP contribution in [0.2, 0.25) is 0 Å². The molecule has 0 spiro atoms. The summed E-state index contributed by atoms with van der Waals surface area (Å²) < 4.78 is 31.6. The molecular formula is C21H23NO6S. The summed E-state index contributed by atoms with van der Waals surface area (Å²) in [5.41, 5.74) is 1.95. The number of benzene rings is 2. The van der Waals surface area contributed by atoms with Crippen LogP contribution in [0.3, 0.4) is 0 Å². The number of ketones is 2. The Morgan fingerprint density at radius 1 is 0.931 bits per heavy atom. The van der Waals surface area contributed by atoms with Crippen molar-refractivity contribution in [2.75, 3.05) is 13.2 Å². The highest BCUT2D eigenvalue weighted by Crippen LogP contribution is 2.11. The lowest BCUT2D eigenvalue weighted by atomic mass is 10.1. The molecule has 0 aliphatic rings. The van der Waals surface area contributed by atoms with E-state index in [0.29, 0.717) is 11.1 Å². The largest absolute Gasteiger partial charge is 0.457 e. The van der Waals surface area contributed by atoms with Gasteiger partial charge in [-0.15, -0.1) is 0 Å². The van der Waals surface area contributed by atoms with Crippen molar-refractivity contribution in [3.8, 4) is 0 Å². The van der Waals surface area contributed by atoms with Crippen LogP contribution in [-0.4, -0.2) is 39.1 Å². The Hall–Kier alpha value is -2.84. The highest BCUT2D eigenvalue weighted by Gasteiger charge is 2.16. The average Bonchev–Trinajstić information content (AvgIpc) is 2.72. The number of carbonyl (C=O) groups is 3. The van der Waals surface area contributed by atoms with Crippen molar-refractivity contribution in [3.05, 3.63) is 65.2 Å². The van der Waals surface area contributed by atoms with Crippen LogP contribution in [0.25, 0.3) is 0 Å². The lowest BCUT2D eigenvalue weighted by molar-refractivity contribution is -0.142. The molecule has 2 aromatic carbocycles. The number of ether oxygens (including phenoxy) is 1. The molecule has 2 rings (SSSR count). The number of sulfonamides is 1. The molecule has 0 amide bonds. The van der Waals surface area contributed by atoms with Gasteiger partial charge >= 0.3 is 5.97 Å². The number of carbonyl (C=O) groups excluding carboxylic acids is 3. The Morgan fingerprint density at radius 2 is 1.52 bits per heavy atom. The summed E-state index contributed by atoms with van der Waals surface area (Å²) in [6.07, 6.45) is 0.646. The van der Waals surface area contributed by atoms with Gasteiger partial charge in [-0.05, 0) is 31.0 Å². The number of hydrogen-bond donors (Lipinski definition) is 1. The number of rotatable bonds is 10. The first-order chi connectivity index (χ1) is 13.7. The number of aryl methyl sites for hydroxylation is 1. The van der Waals surface area contributed by atoms with Crippen molar-refractivity contribution in [2.45, 2.75) is 31.6 Å². The molecular weight excluding hydrogens is 394 g/mol. The number of nitrogens with one attached hydrogen (secondary N) is 1. The minimum absolute atomic E-state index is 0.0124. The molecule has 0 atom stereocenters. The Morgan fingerprint density at radius 3 is 2.07 bits per heavy atom. The number of Topliss-reactive ketones (excluding diaryl/α,β-unsaturated/α-hetero) is 2. The second kappa shape index (κ2) is 10.1. The fourth-order valence-corrected chi connectivity index (χ4v) is 3.50. The van der Waals surface area contributed by atoms with Crippen LogP contribution in [0.4, 0.5) is 0 Å². The van der Waals surface area contributed by atoms with E-state index in [1.54, 1.807) is 12.1 Å². The van der Waals surface area contributed by atoms with Crippen LogP contribution < -0.4 is 4.72 Å². The maximum atomic E-state index is 12.2. The van der Waals surface area contributed by atoms with E-state index < -0.39 is 22.6 Å². The summed E-state index contributed by atoms with van der Waals surface area (Å²) in [7, 11) is -3.82. The average molecular weight is 417 g/mol. The molecule has 0 fully saturated rings. The Labute approximate surface area is 170 Å². The number of hydrogen-bond acceptors (Lipinski definition) is 6. The molecule has 0 aromatic heterocycles. The van der Waals surface area contributed by atoms with Crippen LogP contribution in [0.5, 0.6) is 0 Å². The third-order valence-electron chi connectivity index (χ3n) is 4.24. The molecule has 0 bridgehead atoms. The summed E-state index contributed by atoms with van der Waals surface area (Å²) in [6, 6.07) is 12.5.